The molecule has 6 nitrogen and oxygen atoms in total. The molecule has 1 saturated heterocycles. The molecular weight excluding hydrogens is 352 g/mol. The highest BCUT2D eigenvalue weighted by molar-refractivity contribution is 6.30. The average Bonchev–Trinajstić information content (AvgIpc) is 2.70. The summed E-state index contributed by atoms with van der Waals surface area (Å²) >= 11 is 6.02. The van der Waals surface area contributed by atoms with E-state index in [1.54, 1.807) is 25.4 Å². The first-order valence-electron chi connectivity index (χ1n) is 8.66. The van der Waals surface area contributed by atoms with Crippen LogP contribution in [0.25, 0.3) is 0 Å². The minimum atomic E-state index is -0.115. The summed E-state index contributed by atoms with van der Waals surface area (Å²) in [6.07, 6.45) is 1.62. The molecule has 1 aromatic carbocycles. The molecule has 1 amide bonds. The normalized spacial score (nSPS) is 16.1. The number of carbonyl (C=O) groups excluding carboxylic acids is 1. The Morgan fingerprint density at radius 1 is 1.27 bits per heavy atom. The number of rotatable bonds is 6. The van der Waals surface area contributed by atoms with Gasteiger partial charge >= 0.3 is 0 Å². The summed E-state index contributed by atoms with van der Waals surface area (Å²) in [6.45, 7) is 3.59. The summed E-state index contributed by atoms with van der Waals surface area (Å²) in [5.74, 6) is 0.552. The Kier molecular flexibility index (Phi) is 6.44. The number of nitrogens with zero attached hydrogens (tertiary/aromatic N) is 2. The van der Waals surface area contributed by atoms with E-state index in [2.05, 4.69) is 20.5 Å². The molecule has 1 aliphatic rings. The summed E-state index contributed by atoms with van der Waals surface area (Å²) in [4.78, 5) is 19.0. The number of hydrogen-bond acceptors (Lipinski definition) is 5. The molecule has 0 bridgehead atoms. The first-order chi connectivity index (χ1) is 12.7. The van der Waals surface area contributed by atoms with E-state index in [1.165, 1.54) is 0 Å². The maximum Gasteiger partial charge on any atom is 0.251 e. The molecule has 1 atom stereocenters. The smallest absolute Gasteiger partial charge is 0.251 e. The Labute approximate surface area is 158 Å². The molecule has 1 aliphatic heterocycles. The van der Waals surface area contributed by atoms with Gasteiger partial charge < -0.3 is 15.4 Å². The molecule has 0 saturated carbocycles. The lowest BCUT2D eigenvalue weighted by molar-refractivity contribution is 0.0162. The van der Waals surface area contributed by atoms with Crippen molar-refractivity contribution in [3.05, 3.63) is 58.7 Å². The second-order valence-electron chi connectivity index (χ2n) is 6.11. The van der Waals surface area contributed by atoms with Crippen molar-refractivity contribution in [2.24, 2.45) is 0 Å². The van der Waals surface area contributed by atoms with Gasteiger partial charge in [0, 0.05) is 43.5 Å². The van der Waals surface area contributed by atoms with Gasteiger partial charge in [-0.3, -0.25) is 9.69 Å². The predicted octanol–water partition coefficient (Wildman–Crippen LogP) is 2.58. The van der Waals surface area contributed by atoms with Crippen LogP contribution in [0.2, 0.25) is 5.02 Å². The highest BCUT2D eigenvalue weighted by atomic mass is 35.5. The Bertz CT molecular complexity index is 733. The summed E-state index contributed by atoms with van der Waals surface area (Å²) < 4.78 is 5.46. The number of nitrogens with one attached hydrogen (secondary N) is 2. The maximum atomic E-state index is 12.6. The van der Waals surface area contributed by atoms with Gasteiger partial charge in [-0.15, -0.1) is 0 Å². The molecule has 1 fully saturated rings. The third-order valence-electron chi connectivity index (χ3n) is 4.48. The van der Waals surface area contributed by atoms with Crippen LogP contribution in [0.1, 0.15) is 22.0 Å². The number of carbonyl (C=O) groups is 1. The quantitative estimate of drug-likeness (QED) is 0.813. The minimum Gasteiger partial charge on any atom is -0.379 e. The van der Waals surface area contributed by atoms with Crippen molar-refractivity contribution in [1.82, 2.24) is 15.2 Å². The molecule has 3 rings (SSSR count). The first-order valence-corrected chi connectivity index (χ1v) is 9.04. The molecule has 0 unspecified atom stereocenters. The third kappa shape index (κ3) is 4.72. The van der Waals surface area contributed by atoms with E-state index < -0.39 is 0 Å². The Morgan fingerprint density at radius 3 is 2.69 bits per heavy atom. The van der Waals surface area contributed by atoms with Crippen molar-refractivity contribution in [3.63, 3.8) is 0 Å². The van der Waals surface area contributed by atoms with Crippen LogP contribution >= 0.6 is 11.6 Å². The van der Waals surface area contributed by atoms with E-state index in [4.69, 9.17) is 16.3 Å². The molecule has 2 N–H and O–H groups in total. The monoisotopic (exact) mass is 374 g/mol. The van der Waals surface area contributed by atoms with Gasteiger partial charge in [0.2, 0.25) is 0 Å². The molecule has 2 aromatic rings. The lowest BCUT2D eigenvalue weighted by Gasteiger charge is -2.35. The van der Waals surface area contributed by atoms with Crippen LogP contribution in [0, 0.1) is 0 Å². The number of morpholine rings is 1. The third-order valence-corrected chi connectivity index (χ3v) is 4.73. The lowest BCUT2D eigenvalue weighted by atomic mass is 10.0. The standard InChI is InChI=1S/C19H23ClN4O2/c1-21-18-12-15(6-7-22-18)19(25)23-13-17(24-8-10-26-11-9-24)14-2-4-16(20)5-3-14/h2-7,12,17H,8-11,13H2,1H3,(H,21,22)(H,23,25)/t17-/m0/s1. The van der Waals surface area contributed by atoms with Crippen molar-refractivity contribution in [3.8, 4) is 0 Å². The van der Waals surface area contributed by atoms with E-state index in [0.29, 0.717) is 36.2 Å². The fourth-order valence-electron chi connectivity index (χ4n) is 3.03. The van der Waals surface area contributed by atoms with Crippen molar-refractivity contribution >= 4 is 23.3 Å². The van der Waals surface area contributed by atoms with Crippen LogP contribution in [0.5, 0.6) is 0 Å². The number of ether oxygens (including phenoxy) is 1. The fourth-order valence-corrected chi connectivity index (χ4v) is 3.16. The van der Waals surface area contributed by atoms with Crippen LogP contribution in [0.15, 0.2) is 42.6 Å². The molecule has 0 spiro atoms. The minimum absolute atomic E-state index is 0.0747. The summed E-state index contributed by atoms with van der Waals surface area (Å²) in [7, 11) is 1.78. The van der Waals surface area contributed by atoms with Crippen molar-refractivity contribution in [2.45, 2.75) is 6.04 Å². The first kappa shape index (κ1) is 18.6. The van der Waals surface area contributed by atoms with Crippen LogP contribution < -0.4 is 10.6 Å². The molecule has 7 heteroatoms. The Balaban J connectivity index is 1.72. The van der Waals surface area contributed by atoms with Gasteiger partial charge in [0.25, 0.3) is 5.91 Å². The lowest BCUT2D eigenvalue weighted by Crippen LogP contribution is -2.43. The van der Waals surface area contributed by atoms with Gasteiger partial charge in [0.05, 0.1) is 19.3 Å². The van der Waals surface area contributed by atoms with Gasteiger partial charge in [-0.25, -0.2) is 4.98 Å². The van der Waals surface area contributed by atoms with Crippen LogP contribution in [0.3, 0.4) is 0 Å². The number of hydrogen-bond donors (Lipinski definition) is 2. The Morgan fingerprint density at radius 2 is 2.00 bits per heavy atom. The molecule has 0 aliphatic carbocycles. The zero-order valence-corrected chi connectivity index (χ0v) is 15.5. The van der Waals surface area contributed by atoms with Gasteiger partial charge in [-0.2, -0.15) is 0 Å². The van der Waals surface area contributed by atoms with Gasteiger partial charge in [-0.1, -0.05) is 23.7 Å². The van der Waals surface area contributed by atoms with E-state index >= 15 is 0 Å². The number of benzene rings is 1. The van der Waals surface area contributed by atoms with Gasteiger partial charge in [0.1, 0.15) is 5.82 Å². The SMILES string of the molecule is CNc1cc(C(=O)NC[C@@H](c2ccc(Cl)cc2)N2CCOCC2)ccn1. The molecule has 1 aromatic heterocycles. The fraction of sp³-hybridized carbons (Fsp3) is 0.368. The van der Waals surface area contributed by atoms with E-state index in [9.17, 15) is 4.79 Å². The second kappa shape index (κ2) is 8.98. The Hall–Kier alpha value is -2.15. The van der Waals surface area contributed by atoms with E-state index in [0.717, 1.165) is 18.7 Å². The number of amides is 1. The van der Waals surface area contributed by atoms with Gasteiger partial charge in [-0.05, 0) is 29.8 Å². The topological polar surface area (TPSA) is 66.5 Å². The summed E-state index contributed by atoms with van der Waals surface area (Å²) in [5.41, 5.74) is 1.71. The number of aromatic nitrogens is 1. The highest BCUT2D eigenvalue weighted by Gasteiger charge is 2.23. The average molecular weight is 375 g/mol. The van der Waals surface area contributed by atoms with Crippen LogP contribution in [-0.4, -0.2) is 55.7 Å². The molecule has 0 radical (unpaired) electrons. The predicted molar refractivity (Wildman–Crippen MR) is 103 cm³/mol. The maximum absolute atomic E-state index is 12.6. The van der Waals surface area contributed by atoms with Crippen molar-refractivity contribution < 1.29 is 9.53 Å². The van der Waals surface area contributed by atoms with E-state index in [1.807, 2.05) is 24.3 Å². The summed E-state index contributed by atoms with van der Waals surface area (Å²) in [6, 6.07) is 11.3. The molecule has 2 heterocycles. The zero-order valence-electron chi connectivity index (χ0n) is 14.7. The summed E-state index contributed by atoms with van der Waals surface area (Å²) in [5, 5.41) is 6.70. The number of halogens is 1. The van der Waals surface area contributed by atoms with Crippen LogP contribution in [0.4, 0.5) is 5.82 Å². The van der Waals surface area contributed by atoms with Gasteiger partial charge in [0.15, 0.2) is 0 Å². The number of pyridine rings is 1. The second-order valence-corrected chi connectivity index (χ2v) is 6.54. The largest absolute Gasteiger partial charge is 0.379 e. The van der Waals surface area contributed by atoms with E-state index in [-0.39, 0.29) is 11.9 Å². The molecule has 26 heavy (non-hydrogen) atoms. The molecule has 138 valence electrons. The molecular formula is C19H23ClN4O2. The van der Waals surface area contributed by atoms with Crippen molar-refractivity contribution in [1.29, 1.82) is 0 Å². The highest BCUT2D eigenvalue weighted by Crippen LogP contribution is 2.23. The van der Waals surface area contributed by atoms with Crippen molar-refractivity contribution in [2.75, 3.05) is 45.2 Å². The zero-order chi connectivity index (χ0) is 18.4. The number of anilines is 1. The van der Waals surface area contributed by atoms with Crippen LogP contribution in [-0.2, 0) is 4.74 Å².